The number of unbranched alkanes of at least 4 members (excludes halogenated alkanes) is 8. The topological polar surface area (TPSA) is 0 Å². The van der Waals surface area contributed by atoms with Crippen LogP contribution >= 0.6 is 0 Å². The standard InChI is InChI=1S/C24H34/c1-5-9-11-13-15-17-23-19-22(8-4)24(20-21(23)7-3)18-16-14-12-10-6-2/h3-4,19-20H,5-6,9-18H2,1-2H3. The van der Waals surface area contributed by atoms with Gasteiger partial charge in [-0.05, 0) is 48.9 Å². The molecule has 1 aromatic rings. The number of terminal acetylenes is 2. The van der Waals surface area contributed by atoms with Crippen molar-refractivity contribution in [3.63, 3.8) is 0 Å². The van der Waals surface area contributed by atoms with Gasteiger partial charge in [0.25, 0.3) is 0 Å². The lowest BCUT2D eigenvalue weighted by atomic mass is 9.92. The highest BCUT2D eigenvalue weighted by molar-refractivity contribution is 5.51. The van der Waals surface area contributed by atoms with Gasteiger partial charge in [0.2, 0.25) is 0 Å². The summed E-state index contributed by atoms with van der Waals surface area (Å²) >= 11 is 0. The molecule has 130 valence electrons. The van der Waals surface area contributed by atoms with Crippen molar-refractivity contribution in [3.05, 3.63) is 34.4 Å². The summed E-state index contributed by atoms with van der Waals surface area (Å²) < 4.78 is 0. The molecule has 0 aliphatic heterocycles. The molecule has 1 aromatic carbocycles. The minimum atomic E-state index is 1.05. The number of rotatable bonds is 12. The van der Waals surface area contributed by atoms with E-state index >= 15 is 0 Å². The Bertz CT molecular complexity index is 499. The molecule has 0 amide bonds. The molecule has 0 heteroatoms. The second-order valence-corrected chi connectivity index (χ2v) is 6.78. The van der Waals surface area contributed by atoms with E-state index in [1.165, 1.54) is 75.3 Å². The van der Waals surface area contributed by atoms with E-state index in [-0.39, 0.29) is 0 Å². The average molecular weight is 323 g/mol. The molecular formula is C24H34. The van der Waals surface area contributed by atoms with Crippen molar-refractivity contribution in [2.45, 2.75) is 90.9 Å². The van der Waals surface area contributed by atoms with Gasteiger partial charge in [0.15, 0.2) is 0 Å². The van der Waals surface area contributed by atoms with Crippen LogP contribution in [-0.2, 0) is 12.8 Å². The summed E-state index contributed by atoms with van der Waals surface area (Å²) in [6.45, 7) is 4.49. The zero-order valence-corrected chi connectivity index (χ0v) is 15.8. The van der Waals surface area contributed by atoms with E-state index in [4.69, 9.17) is 12.8 Å². The van der Waals surface area contributed by atoms with Crippen molar-refractivity contribution in [1.82, 2.24) is 0 Å². The number of hydrogen-bond acceptors (Lipinski definition) is 0. The third-order valence-corrected chi connectivity index (χ3v) is 4.74. The maximum absolute atomic E-state index is 5.76. The van der Waals surface area contributed by atoms with Gasteiger partial charge in [0, 0.05) is 11.1 Å². The van der Waals surface area contributed by atoms with Gasteiger partial charge in [0.05, 0.1) is 0 Å². The van der Waals surface area contributed by atoms with E-state index in [0.717, 1.165) is 24.0 Å². The molecule has 0 fully saturated rings. The summed E-state index contributed by atoms with van der Waals surface area (Å²) in [5.74, 6) is 5.76. The van der Waals surface area contributed by atoms with Crippen LogP contribution < -0.4 is 0 Å². The van der Waals surface area contributed by atoms with Crippen LogP contribution in [0.2, 0.25) is 0 Å². The fourth-order valence-corrected chi connectivity index (χ4v) is 3.21. The molecule has 0 spiro atoms. The van der Waals surface area contributed by atoms with Crippen molar-refractivity contribution in [2.75, 3.05) is 0 Å². The number of benzene rings is 1. The summed E-state index contributed by atoms with van der Waals surface area (Å²) in [6.07, 6.45) is 26.4. The molecule has 0 saturated carbocycles. The lowest BCUT2D eigenvalue weighted by Crippen LogP contribution is -1.99. The van der Waals surface area contributed by atoms with E-state index in [2.05, 4.69) is 37.8 Å². The largest absolute Gasteiger partial charge is 0.115 e. The van der Waals surface area contributed by atoms with Gasteiger partial charge >= 0.3 is 0 Å². The molecule has 0 aliphatic carbocycles. The first-order valence-corrected chi connectivity index (χ1v) is 9.85. The Balaban J connectivity index is 2.67. The molecule has 0 aromatic heterocycles. The molecule has 0 saturated heterocycles. The van der Waals surface area contributed by atoms with Crippen LogP contribution in [0.5, 0.6) is 0 Å². The van der Waals surface area contributed by atoms with Gasteiger partial charge < -0.3 is 0 Å². The van der Waals surface area contributed by atoms with Crippen LogP contribution in [0, 0.1) is 24.7 Å². The lowest BCUT2D eigenvalue weighted by Gasteiger charge is -2.11. The van der Waals surface area contributed by atoms with Crippen molar-refractivity contribution in [3.8, 4) is 24.7 Å². The molecule has 0 atom stereocenters. The Hall–Kier alpha value is -1.66. The van der Waals surface area contributed by atoms with Gasteiger partial charge in [-0.3, -0.25) is 0 Å². The summed E-state index contributed by atoms with van der Waals surface area (Å²) in [5, 5.41) is 0. The Kier molecular flexibility index (Phi) is 10.8. The molecule has 0 unspecified atom stereocenters. The Morgan fingerprint density at radius 3 is 1.33 bits per heavy atom. The highest BCUT2D eigenvalue weighted by Crippen LogP contribution is 2.21. The van der Waals surface area contributed by atoms with E-state index in [0.29, 0.717) is 0 Å². The molecule has 0 nitrogen and oxygen atoms in total. The maximum atomic E-state index is 5.76. The van der Waals surface area contributed by atoms with Crippen molar-refractivity contribution >= 4 is 0 Å². The fourth-order valence-electron chi connectivity index (χ4n) is 3.21. The van der Waals surface area contributed by atoms with Crippen LogP contribution in [-0.4, -0.2) is 0 Å². The Morgan fingerprint density at radius 2 is 1.00 bits per heavy atom. The van der Waals surface area contributed by atoms with Gasteiger partial charge in [-0.25, -0.2) is 0 Å². The monoisotopic (exact) mass is 322 g/mol. The van der Waals surface area contributed by atoms with Gasteiger partial charge in [0.1, 0.15) is 0 Å². The normalized spacial score (nSPS) is 10.3. The van der Waals surface area contributed by atoms with Crippen LogP contribution in [0.15, 0.2) is 12.1 Å². The molecule has 0 N–H and O–H groups in total. The molecular weight excluding hydrogens is 288 g/mol. The van der Waals surface area contributed by atoms with Gasteiger partial charge in [-0.1, -0.05) is 77.1 Å². The Morgan fingerprint density at radius 1 is 0.625 bits per heavy atom. The predicted molar refractivity (Wildman–Crippen MR) is 107 cm³/mol. The van der Waals surface area contributed by atoms with E-state index in [1.54, 1.807) is 0 Å². The number of aryl methyl sites for hydroxylation is 2. The molecule has 0 aliphatic rings. The van der Waals surface area contributed by atoms with Crippen LogP contribution in [0.3, 0.4) is 0 Å². The molecule has 0 heterocycles. The maximum Gasteiger partial charge on any atom is 0.0278 e. The van der Waals surface area contributed by atoms with E-state index in [1.807, 2.05) is 0 Å². The van der Waals surface area contributed by atoms with E-state index < -0.39 is 0 Å². The average Bonchev–Trinajstić information content (AvgIpc) is 2.61. The summed E-state index contributed by atoms with van der Waals surface area (Å²) in [7, 11) is 0. The number of hydrogen-bond donors (Lipinski definition) is 0. The smallest absolute Gasteiger partial charge is 0.0278 e. The molecule has 0 bridgehead atoms. The first-order valence-electron chi connectivity index (χ1n) is 9.85. The summed E-state index contributed by atoms with van der Waals surface area (Å²) in [5.41, 5.74) is 4.62. The fraction of sp³-hybridized carbons (Fsp3) is 0.583. The third-order valence-electron chi connectivity index (χ3n) is 4.74. The SMILES string of the molecule is C#Cc1cc(CCCCCCC)c(C#C)cc1CCCCCCC. The van der Waals surface area contributed by atoms with Crippen molar-refractivity contribution in [2.24, 2.45) is 0 Å². The molecule has 1 rings (SSSR count). The first-order chi connectivity index (χ1) is 11.8. The highest BCUT2D eigenvalue weighted by atomic mass is 14.1. The van der Waals surface area contributed by atoms with Gasteiger partial charge in [-0.15, -0.1) is 12.8 Å². The Labute approximate surface area is 150 Å². The third kappa shape index (κ3) is 7.27. The van der Waals surface area contributed by atoms with Crippen LogP contribution in [0.4, 0.5) is 0 Å². The van der Waals surface area contributed by atoms with Gasteiger partial charge in [-0.2, -0.15) is 0 Å². The second kappa shape index (κ2) is 12.7. The highest BCUT2D eigenvalue weighted by Gasteiger charge is 2.08. The summed E-state index contributed by atoms with van der Waals surface area (Å²) in [4.78, 5) is 0. The summed E-state index contributed by atoms with van der Waals surface area (Å²) in [6, 6.07) is 4.35. The molecule has 0 radical (unpaired) electrons. The van der Waals surface area contributed by atoms with Crippen LogP contribution in [0.1, 0.15) is 100 Å². The minimum absolute atomic E-state index is 1.05. The predicted octanol–water partition coefficient (Wildman–Crippen LogP) is 6.68. The second-order valence-electron chi connectivity index (χ2n) is 6.78. The quantitative estimate of drug-likeness (QED) is 0.297. The molecule has 24 heavy (non-hydrogen) atoms. The van der Waals surface area contributed by atoms with E-state index in [9.17, 15) is 0 Å². The zero-order valence-electron chi connectivity index (χ0n) is 15.8. The van der Waals surface area contributed by atoms with Crippen LogP contribution in [0.25, 0.3) is 0 Å². The van der Waals surface area contributed by atoms with Crippen molar-refractivity contribution < 1.29 is 0 Å². The van der Waals surface area contributed by atoms with Crippen molar-refractivity contribution in [1.29, 1.82) is 0 Å². The zero-order chi connectivity index (χ0) is 17.6. The first kappa shape index (κ1) is 20.4. The lowest BCUT2D eigenvalue weighted by molar-refractivity contribution is 0.629. The minimum Gasteiger partial charge on any atom is -0.115 e.